The molecule has 1 atom stereocenters. The number of nitrogens with zero attached hydrogens (tertiary/aromatic N) is 1. The standard InChI is InChI=1S/C20H17N.2C2H6/c1-21-19-11-14-7-3-2-6-13(14)10-18(19)17-12-20(21)16-9-5-4-8-15(16)17;2*1-2/h2-3,5-7,9-12,17H,4,8H2,1H3;2*1-2H3/t17-;;/m0../s1. The van der Waals surface area contributed by atoms with Crippen molar-refractivity contribution in [3.05, 3.63) is 77.0 Å². The predicted octanol–water partition coefficient (Wildman–Crippen LogP) is 6.97. The number of hydrogen-bond acceptors (Lipinski definition) is 1. The second-order valence-corrected chi connectivity index (χ2v) is 6.23. The number of benzene rings is 2. The molecule has 2 bridgehead atoms. The predicted molar refractivity (Wildman–Crippen MR) is 111 cm³/mol. The lowest BCUT2D eigenvalue weighted by Crippen LogP contribution is -2.20. The van der Waals surface area contributed by atoms with Gasteiger partial charge in [-0.25, -0.2) is 0 Å². The van der Waals surface area contributed by atoms with Crippen molar-refractivity contribution in [2.24, 2.45) is 0 Å². The van der Waals surface area contributed by atoms with Crippen LogP contribution in [0.2, 0.25) is 0 Å². The molecule has 130 valence electrons. The van der Waals surface area contributed by atoms with Crippen molar-refractivity contribution in [3.8, 4) is 0 Å². The average molecular weight is 332 g/mol. The number of anilines is 1. The molecule has 2 aromatic carbocycles. The van der Waals surface area contributed by atoms with E-state index < -0.39 is 0 Å². The maximum absolute atomic E-state index is 2.46. The molecule has 0 saturated heterocycles. The maximum Gasteiger partial charge on any atom is 0.0456 e. The van der Waals surface area contributed by atoms with Crippen LogP contribution in [0.5, 0.6) is 0 Å². The van der Waals surface area contributed by atoms with E-state index in [4.69, 9.17) is 0 Å². The molecule has 25 heavy (non-hydrogen) atoms. The van der Waals surface area contributed by atoms with Gasteiger partial charge >= 0.3 is 0 Å². The third kappa shape index (κ3) is 2.72. The minimum atomic E-state index is 0.496. The molecule has 0 saturated carbocycles. The van der Waals surface area contributed by atoms with Gasteiger partial charge in [-0.05, 0) is 58.5 Å². The summed E-state index contributed by atoms with van der Waals surface area (Å²) < 4.78 is 0. The van der Waals surface area contributed by atoms with E-state index in [2.05, 4.69) is 66.6 Å². The van der Waals surface area contributed by atoms with Gasteiger partial charge in [0.1, 0.15) is 0 Å². The lowest BCUT2D eigenvalue weighted by atomic mass is 9.86. The van der Waals surface area contributed by atoms with Gasteiger partial charge in [0, 0.05) is 24.4 Å². The molecule has 1 aliphatic heterocycles. The van der Waals surface area contributed by atoms with E-state index >= 15 is 0 Å². The first-order valence-corrected chi connectivity index (χ1v) is 9.71. The van der Waals surface area contributed by atoms with Crippen LogP contribution in [0.4, 0.5) is 5.69 Å². The number of rotatable bonds is 0. The van der Waals surface area contributed by atoms with Crippen LogP contribution in [0.15, 0.2) is 71.5 Å². The molecular formula is C24H29N. The quantitative estimate of drug-likeness (QED) is 0.504. The molecule has 3 aliphatic rings. The summed E-state index contributed by atoms with van der Waals surface area (Å²) in [6.07, 6.45) is 9.49. The summed E-state index contributed by atoms with van der Waals surface area (Å²) in [5.74, 6) is 0.496. The Labute approximate surface area is 152 Å². The van der Waals surface area contributed by atoms with Crippen molar-refractivity contribution in [1.29, 1.82) is 0 Å². The van der Waals surface area contributed by atoms with Gasteiger partial charge in [-0.2, -0.15) is 0 Å². The summed E-state index contributed by atoms with van der Waals surface area (Å²) in [6.45, 7) is 8.00. The normalized spacial score (nSPS) is 19.3. The Balaban J connectivity index is 0.000000428. The first-order chi connectivity index (χ1) is 12.3. The molecule has 0 spiro atoms. The van der Waals surface area contributed by atoms with E-state index in [1.165, 1.54) is 46.1 Å². The van der Waals surface area contributed by atoms with E-state index in [9.17, 15) is 0 Å². The van der Waals surface area contributed by atoms with Crippen molar-refractivity contribution >= 4 is 16.5 Å². The van der Waals surface area contributed by atoms with Gasteiger partial charge in [-0.3, -0.25) is 0 Å². The SMILES string of the molecule is CC.CC.CN1C2=C[C@@H](C3=C2C=CCC3)c2cc3ccccc3cc21. The number of hydrogen-bond donors (Lipinski definition) is 0. The van der Waals surface area contributed by atoms with Crippen LogP contribution in [-0.4, -0.2) is 7.05 Å². The summed E-state index contributed by atoms with van der Waals surface area (Å²) in [7, 11) is 2.20. The van der Waals surface area contributed by atoms with E-state index in [-0.39, 0.29) is 0 Å². The minimum Gasteiger partial charge on any atom is -0.344 e. The fourth-order valence-electron chi connectivity index (χ4n) is 4.09. The smallest absolute Gasteiger partial charge is 0.0456 e. The largest absolute Gasteiger partial charge is 0.344 e. The monoisotopic (exact) mass is 331 g/mol. The lowest BCUT2D eigenvalue weighted by Gasteiger charge is -2.29. The van der Waals surface area contributed by atoms with Crippen molar-refractivity contribution in [3.63, 3.8) is 0 Å². The zero-order valence-electron chi connectivity index (χ0n) is 16.1. The van der Waals surface area contributed by atoms with Gasteiger partial charge in [-0.1, -0.05) is 64.1 Å². The molecule has 0 fully saturated rings. The van der Waals surface area contributed by atoms with Crippen LogP contribution in [0.25, 0.3) is 10.8 Å². The van der Waals surface area contributed by atoms with Crippen molar-refractivity contribution in [1.82, 2.24) is 0 Å². The molecule has 5 rings (SSSR count). The molecule has 0 unspecified atom stereocenters. The first-order valence-electron chi connectivity index (χ1n) is 9.71. The second kappa shape index (κ2) is 7.31. The molecule has 1 heteroatoms. The Kier molecular flexibility index (Phi) is 5.13. The molecule has 1 nitrogen and oxygen atoms in total. The fourth-order valence-corrected chi connectivity index (χ4v) is 4.09. The van der Waals surface area contributed by atoms with E-state index in [0.29, 0.717) is 5.92 Å². The average Bonchev–Trinajstić information content (AvgIpc) is 3.05. The topological polar surface area (TPSA) is 3.24 Å². The highest BCUT2D eigenvalue weighted by Gasteiger charge is 2.35. The molecular weight excluding hydrogens is 302 g/mol. The van der Waals surface area contributed by atoms with E-state index in [1.54, 1.807) is 5.57 Å². The van der Waals surface area contributed by atoms with Gasteiger partial charge in [0.25, 0.3) is 0 Å². The Hall–Kier alpha value is -2.28. The van der Waals surface area contributed by atoms with Crippen molar-refractivity contribution in [2.75, 3.05) is 11.9 Å². The zero-order valence-corrected chi connectivity index (χ0v) is 16.1. The zero-order chi connectivity index (χ0) is 18.0. The first kappa shape index (κ1) is 17.5. The molecule has 2 aliphatic carbocycles. The molecule has 0 aromatic heterocycles. The van der Waals surface area contributed by atoms with Crippen LogP contribution in [-0.2, 0) is 0 Å². The fraction of sp³-hybridized carbons (Fsp3) is 0.333. The van der Waals surface area contributed by atoms with Crippen molar-refractivity contribution < 1.29 is 0 Å². The summed E-state index contributed by atoms with van der Waals surface area (Å²) >= 11 is 0. The van der Waals surface area contributed by atoms with Crippen LogP contribution in [0.1, 0.15) is 52.0 Å². The van der Waals surface area contributed by atoms with Gasteiger partial charge in [0.05, 0.1) is 0 Å². The number of fused-ring (bicyclic) bond motifs is 6. The summed E-state index contributed by atoms with van der Waals surface area (Å²) in [4.78, 5) is 2.37. The number of allylic oxidation sites excluding steroid dienone is 4. The molecule has 0 amide bonds. The van der Waals surface area contributed by atoms with Crippen LogP contribution >= 0.6 is 0 Å². The van der Waals surface area contributed by atoms with Crippen LogP contribution in [0, 0.1) is 0 Å². The highest BCUT2D eigenvalue weighted by Crippen LogP contribution is 2.51. The lowest BCUT2D eigenvalue weighted by molar-refractivity contribution is 0.858. The Morgan fingerprint density at radius 3 is 2.36 bits per heavy atom. The number of likely N-dealkylation sites (N-methyl/N-ethyl adjacent to an activating group) is 1. The minimum absolute atomic E-state index is 0.496. The Bertz CT molecular complexity index is 867. The highest BCUT2D eigenvalue weighted by atomic mass is 15.1. The summed E-state index contributed by atoms with van der Waals surface area (Å²) in [6, 6.07) is 13.4. The third-order valence-electron chi connectivity index (χ3n) is 5.14. The highest BCUT2D eigenvalue weighted by molar-refractivity contribution is 5.90. The van der Waals surface area contributed by atoms with Crippen LogP contribution < -0.4 is 4.90 Å². The summed E-state index contributed by atoms with van der Waals surface area (Å²) in [5.41, 5.74) is 7.33. The molecule has 0 radical (unpaired) electrons. The van der Waals surface area contributed by atoms with E-state index in [0.717, 1.165) is 0 Å². The van der Waals surface area contributed by atoms with Gasteiger partial charge in [-0.15, -0.1) is 0 Å². The third-order valence-corrected chi connectivity index (χ3v) is 5.14. The maximum atomic E-state index is 2.46. The summed E-state index contributed by atoms with van der Waals surface area (Å²) in [5, 5.41) is 2.68. The molecule has 1 heterocycles. The Morgan fingerprint density at radius 1 is 0.960 bits per heavy atom. The second-order valence-electron chi connectivity index (χ2n) is 6.23. The molecule has 0 N–H and O–H groups in total. The Morgan fingerprint density at radius 2 is 1.64 bits per heavy atom. The van der Waals surface area contributed by atoms with Crippen molar-refractivity contribution in [2.45, 2.75) is 46.5 Å². The van der Waals surface area contributed by atoms with Gasteiger partial charge in [0.2, 0.25) is 0 Å². The van der Waals surface area contributed by atoms with Gasteiger partial charge < -0.3 is 4.90 Å². The van der Waals surface area contributed by atoms with E-state index in [1.807, 2.05) is 27.7 Å². The van der Waals surface area contributed by atoms with Gasteiger partial charge in [0.15, 0.2) is 0 Å². The molecule has 2 aromatic rings. The van der Waals surface area contributed by atoms with Crippen LogP contribution in [0.3, 0.4) is 0 Å².